The minimum atomic E-state index is -3.73. The maximum Gasteiger partial charge on any atom is 0.240 e. The predicted molar refractivity (Wildman–Crippen MR) is 125 cm³/mol. The smallest absolute Gasteiger partial charge is 0.240 e. The molecule has 1 aliphatic heterocycles. The lowest BCUT2D eigenvalue weighted by Gasteiger charge is -2.13. The molecular formula is C21H26N4O5S2. The zero-order valence-electron chi connectivity index (χ0n) is 17.6. The molecule has 0 bridgehead atoms. The summed E-state index contributed by atoms with van der Waals surface area (Å²) in [6.45, 7) is 3.05. The number of amides is 1. The Hall–Kier alpha value is -2.89. The van der Waals surface area contributed by atoms with Crippen LogP contribution < -0.4 is 30.4 Å². The van der Waals surface area contributed by atoms with E-state index in [1.54, 1.807) is 6.07 Å². The Bertz CT molecular complexity index is 1080. The molecule has 2 aromatic rings. The highest BCUT2D eigenvalue weighted by molar-refractivity contribution is 7.89. The number of thiocarbonyl (C=S) groups is 1. The van der Waals surface area contributed by atoms with E-state index in [1.807, 2.05) is 31.2 Å². The molecule has 0 saturated heterocycles. The second-order valence-electron chi connectivity index (χ2n) is 7.10. The average molecular weight is 479 g/mol. The molecule has 1 heterocycles. The summed E-state index contributed by atoms with van der Waals surface area (Å²) in [5, 5.41) is 3.24. The molecule has 2 aromatic carbocycles. The normalized spacial score (nSPS) is 13.0. The number of ether oxygens (including phenoxy) is 2. The van der Waals surface area contributed by atoms with Gasteiger partial charge in [-0.15, -0.1) is 0 Å². The summed E-state index contributed by atoms with van der Waals surface area (Å²) < 4.78 is 38.6. The van der Waals surface area contributed by atoms with Crippen LogP contribution in [0.15, 0.2) is 47.4 Å². The summed E-state index contributed by atoms with van der Waals surface area (Å²) >= 11 is 5.16. The van der Waals surface area contributed by atoms with Gasteiger partial charge in [0, 0.05) is 31.1 Å². The van der Waals surface area contributed by atoms with Gasteiger partial charge in [-0.05, 0) is 49.3 Å². The van der Waals surface area contributed by atoms with Crippen LogP contribution in [0.5, 0.6) is 11.5 Å². The van der Waals surface area contributed by atoms with Crippen molar-refractivity contribution in [3.05, 3.63) is 48.0 Å². The molecule has 1 aliphatic rings. The van der Waals surface area contributed by atoms with Gasteiger partial charge in [-0.2, -0.15) is 0 Å². The van der Waals surface area contributed by atoms with Gasteiger partial charge in [0.2, 0.25) is 15.9 Å². The topological polar surface area (TPSA) is 118 Å². The van der Waals surface area contributed by atoms with E-state index in [0.29, 0.717) is 31.1 Å². The van der Waals surface area contributed by atoms with E-state index >= 15 is 0 Å². The number of hydrazine groups is 1. The van der Waals surface area contributed by atoms with E-state index in [4.69, 9.17) is 21.7 Å². The lowest BCUT2D eigenvalue weighted by atomic mass is 10.2. The van der Waals surface area contributed by atoms with Gasteiger partial charge in [0.05, 0.1) is 18.1 Å². The molecule has 4 N–H and O–H groups in total. The second-order valence-corrected chi connectivity index (χ2v) is 9.28. The van der Waals surface area contributed by atoms with Crippen LogP contribution >= 0.6 is 12.2 Å². The van der Waals surface area contributed by atoms with Crippen LogP contribution in [0, 0.1) is 6.92 Å². The van der Waals surface area contributed by atoms with Crippen molar-refractivity contribution >= 4 is 38.9 Å². The number of hydrogen-bond acceptors (Lipinski definition) is 6. The number of benzene rings is 2. The maximum atomic E-state index is 12.5. The molecule has 0 spiro atoms. The molecule has 9 nitrogen and oxygen atoms in total. The van der Waals surface area contributed by atoms with Crippen LogP contribution in [0.1, 0.15) is 24.8 Å². The number of rotatable bonds is 7. The lowest BCUT2D eigenvalue weighted by Crippen LogP contribution is -2.44. The molecule has 0 aromatic heterocycles. The molecule has 0 radical (unpaired) electrons. The number of para-hydroxylation sites is 1. The molecule has 1 amide bonds. The Labute approximate surface area is 192 Å². The Morgan fingerprint density at radius 3 is 2.59 bits per heavy atom. The van der Waals surface area contributed by atoms with Gasteiger partial charge < -0.3 is 14.8 Å². The monoisotopic (exact) mass is 478 g/mol. The predicted octanol–water partition coefficient (Wildman–Crippen LogP) is 2.23. The summed E-state index contributed by atoms with van der Waals surface area (Å²) in [7, 11) is -3.73. The molecular weight excluding hydrogens is 452 g/mol. The Morgan fingerprint density at radius 2 is 1.81 bits per heavy atom. The molecule has 0 fully saturated rings. The van der Waals surface area contributed by atoms with Crippen molar-refractivity contribution in [1.82, 2.24) is 15.6 Å². The number of aryl methyl sites for hydroxylation is 1. The van der Waals surface area contributed by atoms with E-state index in [9.17, 15) is 13.2 Å². The zero-order valence-corrected chi connectivity index (χ0v) is 19.3. The molecule has 32 heavy (non-hydrogen) atoms. The highest BCUT2D eigenvalue weighted by atomic mass is 32.2. The van der Waals surface area contributed by atoms with Crippen LogP contribution in [-0.4, -0.2) is 39.2 Å². The first-order valence-corrected chi connectivity index (χ1v) is 12.0. The summed E-state index contributed by atoms with van der Waals surface area (Å²) in [6, 6.07) is 12.1. The van der Waals surface area contributed by atoms with Crippen molar-refractivity contribution in [3.63, 3.8) is 0 Å². The first-order chi connectivity index (χ1) is 15.3. The van der Waals surface area contributed by atoms with E-state index in [0.717, 1.165) is 17.7 Å². The van der Waals surface area contributed by atoms with Crippen LogP contribution in [0.3, 0.4) is 0 Å². The quantitative estimate of drug-likeness (QED) is 0.272. The Balaban J connectivity index is 1.39. The first-order valence-electron chi connectivity index (χ1n) is 10.2. The van der Waals surface area contributed by atoms with Crippen molar-refractivity contribution in [2.45, 2.75) is 31.1 Å². The third-order valence-electron chi connectivity index (χ3n) is 4.61. The van der Waals surface area contributed by atoms with Gasteiger partial charge in [0.25, 0.3) is 0 Å². The summed E-state index contributed by atoms with van der Waals surface area (Å²) in [5.41, 5.74) is 6.98. The number of sulfonamides is 1. The summed E-state index contributed by atoms with van der Waals surface area (Å²) in [6.07, 6.45) is 1.16. The standard InChI is InChI=1S/C21H26N4O5S2/c1-15-6-2-3-7-17(15)23-21(31)25-24-20(26)8-4-11-22-32(27,28)16-9-10-18-19(14-16)30-13-5-12-29-18/h2-3,6-7,9-10,14,22H,4-5,8,11-13H2,1H3,(H,24,26)(H2,23,25,31). The molecule has 0 atom stereocenters. The number of carbonyl (C=O) groups is 1. The SMILES string of the molecule is Cc1ccccc1NC(=S)NNC(=O)CCCNS(=O)(=O)c1ccc2c(c1)OCCCO2. The van der Waals surface area contributed by atoms with E-state index in [1.165, 1.54) is 12.1 Å². The third kappa shape index (κ3) is 6.81. The average Bonchev–Trinajstić information content (AvgIpc) is 3.02. The minimum Gasteiger partial charge on any atom is -0.490 e. The number of hydrogen-bond donors (Lipinski definition) is 4. The fourth-order valence-corrected chi connectivity index (χ4v) is 4.16. The van der Waals surface area contributed by atoms with Gasteiger partial charge in [0.15, 0.2) is 16.6 Å². The van der Waals surface area contributed by atoms with Crippen molar-refractivity contribution in [3.8, 4) is 11.5 Å². The fraction of sp³-hybridized carbons (Fsp3) is 0.333. The number of fused-ring (bicyclic) bond motifs is 1. The zero-order chi connectivity index (χ0) is 23.0. The van der Waals surface area contributed by atoms with Gasteiger partial charge in [-0.25, -0.2) is 13.1 Å². The number of anilines is 1. The maximum absolute atomic E-state index is 12.5. The lowest BCUT2D eigenvalue weighted by molar-refractivity contribution is -0.121. The summed E-state index contributed by atoms with van der Waals surface area (Å²) in [4.78, 5) is 12.1. The number of nitrogens with one attached hydrogen (secondary N) is 4. The second kappa shape index (κ2) is 11.1. The third-order valence-corrected chi connectivity index (χ3v) is 6.27. The molecule has 172 valence electrons. The van der Waals surface area contributed by atoms with Crippen molar-refractivity contribution in [1.29, 1.82) is 0 Å². The van der Waals surface area contributed by atoms with Gasteiger partial charge >= 0.3 is 0 Å². The largest absolute Gasteiger partial charge is 0.490 e. The van der Waals surface area contributed by atoms with E-state index in [-0.39, 0.29) is 28.9 Å². The molecule has 0 aliphatic carbocycles. The Morgan fingerprint density at radius 1 is 1.06 bits per heavy atom. The van der Waals surface area contributed by atoms with E-state index < -0.39 is 10.0 Å². The molecule has 0 unspecified atom stereocenters. The van der Waals surface area contributed by atoms with Gasteiger partial charge in [-0.1, -0.05) is 18.2 Å². The Kier molecular flexibility index (Phi) is 8.26. The highest BCUT2D eigenvalue weighted by Gasteiger charge is 2.18. The first kappa shape index (κ1) is 23.8. The van der Waals surface area contributed by atoms with Crippen LogP contribution in [-0.2, 0) is 14.8 Å². The van der Waals surface area contributed by atoms with Crippen molar-refractivity contribution < 1.29 is 22.7 Å². The van der Waals surface area contributed by atoms with Gasteiger partial charge in [0.1, 0.15) is 0 Å². The molecule has 0 saturated carbocycles. The molecule has 3 rings (SSSR count). The van der Waals surface area contributed by atoms with Crippen LogP contribution in [0.25, 0.3) is 0 Å². The van der Waals surface area contributed by atoms with Gasteiger partial charge in [-0.3, -0.25) is 15.6 Å². The number of carbonyl (C=O) groups excluding carboxylic acids is 1. The van der Waals surface area contributed by atoms with Crippen molar-refractivity contribution in [2.24, 2.45) is 0 Å². The highest BCUT2D eigenvalue weighted by Crippen LogP contribution is 2.31. The fourth-order valence-electron chi connectivity index (χ4n) is 2.91. The minimum absolute atomic E-state index is 0.0838. The van der Waals surface area contributed by atoms with Crippen LogP contribution in [0.4, 0.5) is 5.69 Å². The van der Waals surface area contributed by atoms with E-state index in [2.05, 4.69) is 20.9 Å². The van der Waals surface area contributed by atoms with Crippen LogP contribution in [0.2, 0.25) is 0 Å². The van der Waals surface area contributed by atoms with Crippen molar-refractivity contribution in [2.75, 3.05) is 25.1 Å². The summed E-state index contributed by atoms with van der Waals surface area (Å²) in [5.74, 6) is 0.625. The molecule has 11 heteroatoms.